The first kappa shape index (κ1) is 18.4. The number of allylic oxidation sites excluding steroid dienone is 2. The van der Waals surface area contributed by atoms with Crippen molar-refractivity contribution < 1.29 is 29.6 Å². The molecule has 0 radical (unpaired) electrons. The SMILES string of the molecule is CC(=O)NC1=CC(=Nc2ccc(O)cc2)C(OCC(O)CO)=CC1=O. The second kappa shape index (κ2) is 8.22. The molecule has 1 aliphatic carbocycles. The smallest absolute Gasteiger partial charge is 0.221 e. The number of rotatable bonds is 6. The Hall–Kier alpha value is -2.97. The van der Waals surface area contributed by atoms with Crippen LogP contribution < -0.4 is 5.32 Å². The fourth-order valence-electron chi connectivity index (χ4n) is 1.94. The van der Waals surface area contributed by atoms with Gasteiger partial charge in [-0.2, -0.15) is 0 Å². The van der Waals surface area contributed by atoms with Gasteiger partial charge in [0.1, 0.15) is 29.9 Å². The fraction of sp³-hybridized carbons (Fsp3) is 0.235. The van der Waals surface area contributed by atoms with E-state index in [-0.39, 0.29) is 29.5 Å². The van der Waals surface area contributed by atoms with Crippen LogP contribution in [0.25, 0.3) is 0 Å². The number of hydrogen-bond acceptors (Lipinski definition) is 7. The lowest BCUT2D eigenvalue weighted by atomic mass is 10.1. The van der Waals surface area contributed by atoms with E-state index >= 15 is 0 Å². The van der Waals surface area contributed by atoms with Crippen LogP contribution in [-0.2, 0) is 14.3 Å². The standard InChI is InChI=1S/C17H18N2O6/c1-10(21)18-14-6-15(19-11-2-4-12(22)5-3-11)17(7-16(14)24)25-9-13(23)8-20/h2-7,13,20,22-23H,8-9H2,1H3,(H,18,21). The molecule has 1 amide bonds. The Morgan fingerprint density at radius 3 is 2.56 bits per heavy atom. The normalized spacial score (nSPS) is 16.9. The Bertz CT molecular complexity index is 749. The highest BCUT2D eigenvalue weighted by Crippen LogP contribution is 2.21. The molecule has 0 saturated heterocycles. The first-order valence-corrected chi connectivity index (χ1v) is 7.44. The van der Waals surface area contributed by atoms with E-state index < -0.39 is 24.4 Å². The van der Waals surface area contributed by atoms with Crippen LogP contribution in [0.1, 0.15) is 6.92 Å². The maximum absolute atomic E-state index is 12.1. The number of benzene rings is 1. The van der Waals surface area contributed by atoms with E-state index in [2.05, 4.69) is 10.3 Å². The average Bonchev–Trinajstić information content (AvgIpc) is 2.57. The van der Waals surface area contributed by atoms with Crippen molar-refractivity contribution in [3.8, 4) is 5.75 Å². The summed E-state index contributed by atoms with van der Waals surface area (Å²) in [6.45, 7) is 0.560. The van der Waals surface area contributed by atoms with Gasteiger partial charge in [0.2, 0.25) is 11.7 Å². The van der Waals surface area contributed by atoms with E-state index in [0.29, 0.717) is 5.69 Å². The van der Waals surface area contributed by atoms with Crippen molar-refractivity contribution in [2.75, 3.05) is 13.2 Å². The molecular formula is C17H18N2O6. The fourth-order valence-corrected chi connectivity index (χ4v) is 1.94. The van der Waals surface area contributed by atoms with E-state index in [1.807, 2.05) is 0 Å². The van der Waals surface area contributed by atoms with Gasteiger partial charge in [0.25, 0.3) is 0 Å². The van der Waals surface area contributed by atoms with Gasteiger partial charge in [-0.05, 0) is 30.3 Å². The molecule has 0 aliphatic heterocycles. The third-order valence-corrected chi connectivity index (χ3v) is 3.11. The van der Waals surface area contributed by atoms with E-state index in [1.165, 1.54) is 25.1 Å². The number of amides is 1. The molecule has 0 spiro atoms. The largest absolute Gasteiger partial charge is 0.508 e. The van der Waals surface area contributed by atoms with Gasteiger partial charge in [-0.3, -0.25) is 9.59 Å². The molecule has 1 unspecified atom stereocenters. The van der Waals surface area contributed by atoms with Crippen molar-refractivity contribution in [2.45, 2.75) is 13.0 Å². The van der Waals surface area contributed by atoms with Gasteiger partial charge in [0.15, 0.2) is 0 Å². The van der Waals surface area contributed by atoms with Crippen molar-refractivity contribution in [1.82, 2.24) is 5.32 Å². The van der Waals surface area contributed by atoms with Crippen LogP contribution in [0.3, 0.4) is 0 Å². The summed E-state index contributed by atoms with van der Waals surface area (Å²) in [6, 6.07) is 6.02. The Balaban J connectivity index is 2.33. The molecule has 8 nitrogen and oxygen atoms in total. The lowest BCUT2D eigenvalue weighted by Crippen LogP contribution is -2.29. The molecule has 8 heteroatoms. The van der Waals surface area contributed by atoms with Gasteiger partial charge in [0.05, 0.1) is 18.0 Å². The summed E-state index contributed by atoms with van der Waals surface area (Å²) in [6.07, 6.45) is 1.40. The molecule has 0 heterocycles. The van der Waals surface area contributed by atoms with E-state index in [4.69, 9.17) is 9.84 Å². The summed E-state index contributed by atoms with van der Waals surface area (Å²) in [5.41, 5.74) is 0.775. The number of carbonyl (C=O) groups is 2. The second-order valence-electron chi connectivity index (χ2n) is 5.27. The summed E-state index contributed by atoms with van der Waals surface area (Å²) < 4.78 is 5.36. The number of aliphatic hydroxyl groups excluding tert-OH is 2. The molecule has 2 rings (SSSR count). The number of phenolic OH excluding ortho intramolecular Hbond substituents is 1. The van der Waals surface area contributed by atoms with E-state index in [0.717, 1.165) is 6.08 Å². The number of nitrogens with zero attached hydrogens (tertiary/aromatic N) is 1. The van der Waals surface area contributed by atoms with Gasteiger partial charge in [-0.15, -0.1) is 0 Å². The summed E-state index contributed by atoms with van der Waals surface area (Å²) in [5, 5.41) is 30.0. The van der Waals surface area contributed by atoms with Crippen LogP contribution in [0.2, 0.25) is 0 Å². The van der Waals surface area contributed by atoms with Crippen molar-refractivity contribution in [1.29, 1.82) is 0 Å². The van der Waals surface area contributed by atoms with Crippen molar-refractivity contribution >= 4 is 23.1 Å². The highest BCUT2D eigenvalue weighted by molar-refractivity contribution is 6.22. The number of aromatic hydroxyl groups is 1. The maximum atomic E-state index is 12.1. The van der Waals surface area contributed by atoms with Crippen molar-refractivity contribution in [3.63, 3.8) is 0 Å². The number of ether oxygens (including phenoxy) is 1. The minimum atomic E-state index is -1.10. The average molecular weight is 346 g/mol. The first-order chi connectivity index (χ1) is 11.9. The molecule has 1 aromatic carbocycles. The van der Waals surface area contributed by atoms with Crippen LogP contribution in [-0.4, -0.2) is 52.0 Å². The lowest BCUT2D eigenvalue weighted by Gasteiger charge is -2.18. The number of phenols is 1. The Morgan fingerprint density at radius 1 is 1.28 bits per heavy atom. The van der Waals surface area contributed by atoms with Crippen LogP contribution in [0, 0.1) is 0 Å². The van der Waals surface area contributed by atoms with Crippen molar-refractivity contribution in [3.05, 3.63) is 47.9 Å². The zero-order valence-electron chi connectivity index (χ0n) is 13.5. The third kappa shape index (κ3) is 5.27. The first-order valence-electron chi connectivity index (χ1n) is 7.44. The number of carbonyl (C=O) groups excluding carboxylic acids is 2. The minimum absolute atomic E-state index is 0.0417. The molecule has 0 bridgehead atoms. The zero-order chi connectivity index (χ0) is 18.4. The van der Waals surface area contributed by atoms with Crippen LogP contribution in [0.15, 0.2) is 52.9 Å². The van der Waals surface area contributed by atoms with Crippen LogP contribution >= 0.6 is 0 Å². The van der Waals surface area contributed by atoms with Crippen LogP contribution in [0.5, 0.6) is 5.75 Å². The highest BCUT2D eigenvalue weighted by atomic mass is 16.5. The molecule has 1 aliphatic rings. The summed E-state index contributed by atoms with van der Waals surface area (Å²) in [4.78, 5) is 27.6. The Kier molecular flexibility index (Phi) is 6.04. The van der Waals surface area contributed by atoms with Gasteiger partial charge in [-0.1, -0.05) is 0 Å². The van der Waals surface area contributed by atoms with Gasteiger partial charge in [-0.25, -0.2) is 4.99 Å². The van der Waals surface area contributed by atoms with Crippen LogP contribution in [0.4, 0.5) is 5.69 Å². The predicted octanol–water partition coefficient (Wildman–Crippen LogP) is 0.321. The van der Waals surface area contributed by atoms with Crippen molar-refractivity contribution in [2.24, 2.45) is 4.99 Å². The molecule has 1 atom stereocenters. The number of nitrogens with one attached hydrogen (secondary N) is 1. The number of aliphatic hydroxyl groups is 2. The third-order valence-electron chi connectivity index (χ3n) is 3.11. The Morgan fingerprint density at radius 2 is 1.96 bits per heavy atom. The maximum Gasteiger partial charge on any atom is 0.221 e. The molecule has 0 fully saturated rings. The molecule has 0 saturated carbocycles. The number of ketones is 1. The molecular weight excluding hydrogens is 328 g/mol. The lowest BCUT2D eigenvalue weighted by molar-refractivity contribution is -0.120. The molecule has 132 valence electrons. The monoisotopic (exact) mass is 346 g/mol. The van der Waals surface area contributed by atoms with Gasteiger partial charge >= 0.3 is 0 Å². The quantitative estimate of drug-likeness (QED) is 0.549. The number of hydrogen-bond donors (Lipinski definition) is 4. The highest BCUT2D eigenvalue weighted by Gasteiger charge is 2.21. The topological polar surface area (TPSA) is 128 Å². The molecule has 25 heavy (non-hydrogen) atoms. The summed E-state index contributed by atoms with van der Waals surface area (Å²) in [5.74, 6) is -0.708. The van der Waals surface area contributed by atoms with E-state index in [9.17, 15) is 19.8 Å². The number of aliphatic imine (C=N–C) groups is 1. The summed E-state index contributed by atoms with van der Waals surface area (Å²) >= 11 is 0. The Labute approximate surface area is 143 Å². The molecule has 0 aromatic heterocycles. The predicted molar refractivity (Wildman–Crippen MR) is 89.2 cm³/mol. The van der Waals surface area contributed by atoms with E-state index in [1.54, 1.807) is 12.1 Å². The van der Waals surface area contributed by atoms with Gasteiger partial charge < -0.3 is 25.4 Å². The zero-order valence-corrected chi connectivity index (χ0v) is 13.5. The molecule has 1 aromatic rings. The summed E-state index contributed by atoms with van der Waals surface area (Å²) in [7, 11) is 0. The minimum Gasteiger partial charge on any atom is -0.508 e. The van der Waals surface area contributed by atoms with Gasteiger partial charge in [0, 0.05) is 13.0 Å². The molecule has 4 N–H and O–H groups in total. The second-order valence-corrected chi connectivity index (χ2v) is 5.27.